The fraction of sp³-hybridized carbons (Fsp3) is 0.778. The van der Waals surface area contributed by atoms with E-state index in [-0.39, 0.29) is 12.8 Å². The van der Waals surface area contributed by atoms with Crippen molar-refractivity contribution in [2.24, 2.45) is 5.41 Å². The van der Waals surface area contributed by atoms with Gasteiger partial charge in [-0.3, -0.25) is 9.59 Å². The second-order valence-corrected chi connectivity index (χ2v) is 3.61. The van der Waals surface area contributed by atoms with Gasteiger partial charge < -0.3 is 4.74 Å². The Balaban J connectivity index is 2.75. The third-order valence-electron chi connectivity index (χ3n) is 2.82. The summed E-state index contributed by atoms with van der Waals surface area (Å²) in [5.74, 6) is -2.00. The smallest absolute Gasteiger partial charge is 0.401 e. The molecule has 1 aliphatic rings. The van der Waals surface area contributed by atoms with Crippen molar-refractivity contribution in [1.29, 1.82) is 0 Å². The molecule has 0 radical (unpaired) electrons. The SMILES string of the molecule is COC(=O)CC(=O)C1(C(F)(F)F)CCC1. The summed E-state index contributed by atoms with van der Waals surface area (Å²) >= 11 is 0. The zero-order chi connectivity index (χ0) is 11.7. The molecule has 0 bridgehead atoms. The summed E-state index contributed by atoms with van der Waals surface area (Å²) in [5.41, 5.74) is -2.29. The number of esters is 1. The van der Waals surface area contributed by atoms with Crippen molar-refractivity contribution in [3.8, 4) is 0 Å². The molecule has 0 N–H and O–H groups in total. The molecule has 0 amide bonds. The van der Waals surface area contributed by atoms with Crippen molar-refractivity contribution in [2.75, 3.05) is 7.11 Å². The molecule has 0 heterocycles. The largest absolute Gasteiger partial charge is 0.469 e. The Morgan fingerprint density at radius 2 is 1.87 bits per heavy atom. The fourth-order valence-electron chi connectivity index (χ4n) is 1.62. The Labute approximate surface area is 84.6 Å². The number of alkyl halides is 3. The molecule has 86 valence electrons. The summed E-state index contributed by atoms with van der Waals surface area (Å²) in [6.07, 6.45) is -5.42. The average Bonchev–Trinajstić information content (AvgIpc) is 1.98. The Morgan fingerprint density at radius 3 is 2.13 bits per heavy atom. The minimum absolute atomic E-state index is 0.216. The molecule has 0 aliphatic heterocycles. The van der Waals surface area contributed by atoms with Crippen LogP contribution in [0.5, 0.6) is 0 Å². The van der Waals surface area contributed by atoms with Crippen LogP contribution in [-0.4, -0.2) is 25.0 Å². The van der Waals surface area contributed by atoms with Gasteiger partial charge in [0.05, 0.1) is 7.11 Å². The van der Waals surface area contributed by atoms with Crippen LogP contribution in [0.25, 0.3) is 0 Å². The van der Waals surface area contributed by atoms with Crippen LogP contribution in [-0.2, 0) is 14.3 Å². The zero-order valence-corrected chi connectivity index (χ0v) is 8.19. The van der Waals surface area contributed by atoms with E-state index in [1.165, 1.54) is 0 Å². The number of rotatable bonds is 3. The Morgan fingerprint density at radius 1 is 1.33 bits per heavy atom. The molecule has 0 aromatic heterocycles. The lowest BCUT2D eigenvalue weighted by atomic mass is 9.64. The van der Waals surface area contributed by atoms with Crippen LogP contribution in [0, 0.1) is 5.41 Å². The van der Waals surface area contributed by atoms with Crippen LogP contribution in [0.1, 0.15) is 25.7 Å². The monoisotopic (exact) mass is 224 g/mol. The first kappa shape index (κ1) is 12.0. The molecular weight excluding hydrogens is 213 g/mol. The second kappa shape index (κ2) is 3.83. The molecule has 0 aromatic carbocycles. The number of halogens is 3. The van der Waals surface area contributed by atoms with Gasteiger partial charge in [-0.2, -0.15) is 13.2 Å². The van der Waals surface area contributed by atoms with Gasteiger partial charge in [0.1, 0.15) is 11.8 Å². The van der Waals surface area contributed by atoms with Gasteiger partial charge in [0.25, 0.3) is 0 Å². The van der Waals surface area contributed by atoms with Crippen molar-refractivity contribution in [3.05, 3.63) is 0 Å². The number of ether oxygens (including phenoxy) is 1. The highest BCUT2D eigenvalue weighted by atomic mass is 19.4. The van der Waals surface area contributed by atoms with E-state index in [1.54, 1.807) is 0 Å². The van der Waals surface area contributed by atoms with Gasteiger partial charge in [-0.25, -0.2) is 0 Å². The van der Waals surface area contributed by atoms with E-state index in [9.17, 15) is 22.8 Å². The Kier molecular flexibility index (Phi) is 3.06. The van der Waals surface area contributed by atoms with Crippen LogP contribution in [0.2, 0.25) is 0 Å². The number of hydrogen-bond acceptors (Lipinski definition) is 3. The molecule has 1 fully saturated rings. The predicted octanol–water partition coefficient (Wildman–Crippen LogP) is 1.85. The van der Waals surface area contributed by atoms with Crippen molar-refractivity contribution < 1.29 is 27.5 Å². The number of Topliss-reactive ketones (excluding diaryl/α,β-unsaturated/α-hetero) is 1. The average molecular weight is 224 g/mol. The van der Waals surface area contributed by atoms with E-state index in [2.05, 4.69) is 4.74 Å². The van der Waals surface area contributed by atoms with Gasteiger partial charge in [-0.1, -0.05) is 6.42 Å². The van der Waals surface area contributed by atoms with Crippen LogP contribution in [0.3, 0.4) is 0 Å². The standard InChI is InChI=1S/C9H11F3O3/c1-15-7(14)5-6(13)8(3-2-4-8)9(10,11)12/h2-5H2,1H3. The molecule has 3 nitrogen and oxygen atoms in total. The summed E-state index contributed by atoms with van der Waals surface area (Å²) < 4.78 is 41.9. The summed E-state index contributed by atoms with van der Waals surface area (Å²) in [4.78, 5) is 22.1. The number of carbonyl (C=O) groups is 2. The fourth-order valence-corrected chi connectivity index (χ4v) is 1.62. The number of carbonyl (C=O) groups excluding carboxylic acids is 2. The summed E-state index contributed by atoms with van der Waals surface area (Å²) in [5, 5.41) is 0. The van der Waals surface area contributed by atoms with E-state index in [1.807, 2.05) is 0 Å². The zero-order valence-electron chi connectivity index (χ0n) is 8.19. The van der Waals surface area contributed by atoms with Gasteiger partial charge in [-0.05, 0) is 12.8 Å². The van der Waals surface area contributed by atoms with Crippen molar-refractivity contribution in [1.82, 2.24) is 0 Å². The molecule has 0 unspecified atom stereocenters. The highest BCUT2D eigenvalue weighted by Crippen LogP contribution is 2.54. The van der Waals surface area contributed by atoms with Crippen molar-refractivity contribution in [3.63, 3.8) is 0 Å². The molecule has 6 heteroatoms. The van der Waals surface area contributed by atoms with Crippen LogP contribution in [0.4, 0.5) is 13.2 Å². The third-order valence-corrected chi connectivity index (χ3v) is 2.82. The number of ketones is 1. The van der Waals surface area contributed by atoms with Crippen LogP contribution < -0.4 is 0 Å². The predicted molar refractivity (Wildman–Crippen MR) is 44.0 cm³/mol. The molecule has 15 heavy (non-hydrogen) atoms. The van der Waals surface area contributed by atoms with E-state index in [0.29, 0.717) is 6.42 Å². The lowest BCUT2D eigenvalue weighted by Crippen LogP contribution is -2.50. The third kappa shape index (κ3) is 1.98. The normalized spacial score (nSPS) is 19.2. The maximum atomic E-state index is 12.6. The summed E-state index contributed by atoms with van der Waals surface area (Å²) in [6.45, 7) is 0. The molecule has 0 aromatic rings. The van der Waals surface area contributed by atoms with E-state index < -0.39 is 29.8 Å². The van der Waals surface area contributed by atoms with E-state index in [4.69, 9.17) is 0 Å². The van der Waals surface area contributed by atoms with Crippen LogP contribution >= 0.6 is 0 Å². The number of hydrogen-bond donors (Lipinski definition) is 0. The molecule has 0 saturated heterocycles. The first-order valence-corrected chi connectivity index (χ1v) is 4.50. The highest BCUT2D eigenvalue weighted by Gasteiger charge is 2.62. The van der Waals surface area contributed by atoms with Crippen molar-refractivity contribution in [2.45, 2.75) is 31.9 Å². The molecule has 1 rings (SSSR count). The van der Waals surface area contributed by atoms with Crippen molar-refractivity contribution >= 4 is 11.8 Å². The van der Waals surface area contributed by atoms with Gasteiger partial charge >= 0.3 is 12.1 Å². The molecule has 0 atom stereocenters. The molecular formula is C9H11F3O3. The topological polar surface area (TPSA) is 43.4 Å². The molecule has 1 aliphatic carbocycles. The van der Waals surface area contributed by atoms with Gasteiger partial charge in [0.2, 0.25) is 0 Å². The quantitative estimate of drug-likeness (QED) is 0.542. The summed E-state index contributed by atoms with van der Waals surface area (Å²) in [6, 6.07) is 0. The van der Waals surface area contributed by atoms with Gasteiger partial charge in [-0.15, -0.1) is 0 Å². The van der Waals surface area contributed by atoms with E-state index >= 15 is 0 Å². The Bertz CT molecular complexity index is 279. The van der Waals surface area contributed by atoms with Crippen LogP contribution in [0.15, 0.2) is 0 Å². The Hall–Kier alpha value is -1.07. The summed E-state index contributed by atoms with van der Waals surface area (Å²) in [7, 11) is 1.04. The maximum absolute atomic E-state index is 12.6. The number of methoxy groups -OCH3 is 1. The highest BCUT2D eigenvalue weighted by molar-refractivity contribution is 5.99. The lowest BCUT2D eigenvalue weighted by Gasteiger charge is -2.41. The molecule has 0 spiro atoms. The molecule has 1 saturated carbocycles. The minimum Gasteiger partial charge on any atom is -0.469 e. The minimum atomic E-state index is -4.56. The maximum Gasteiger partial charge on any atom is 0.401 e. The first-order chi connectivity index (χ1) is 6.83. The first-order valence-electron chi connectivity index (χ1n) is 4.50. The van der Waals surface area contributed by atoms with E-state index in [0.717, 1.165) is 7.11 Å². The second-order valence-electron chi connectivity index (χ2n) is 3.61. The van der Waals surface area contributed by atoms with Gasteiger partial charge in [0, 0.05) is 0 Å². The lowest BCUT2D eigenvalue weighted by molar-refractivity contribution is -0.242. The van der Waals surface area contributed by atoms with Gasteiger partial charge in [0.15, 0.2) is 5.78 Å².